The zero-order chi connectivity index (χ0) is 14.8. The lowest BCUT2D eigenvalue weighted by atomic mass is 10.3. The van der Waals surface area contributed by atoms with Crippen molar-refractivity contribution in [2.45, 2.75) is 4.90 Å². The van der Waals surface area contributed by atoms with Gasteiger partial charge >= 0.3 is 0 Å². The lowest BCUT2D eigenvalue weighted by molar-refractivity contribution is 0.601. The number of nitrogen functional groups attached to an aromatic ring is 1. The van der Waals surface area contributed by atoms with Crippen molar-refractivity contribution >= 4 is 44.6 Å². The van der Waals surface area contributed by atoms with Gasteiger partial charge in [0.1, 0.15) is 0 Å². The van der Waals surface area contributed by atoms with Crippen LogP contribution in [0.3, 0.4) is 0 Å². The van der Waals surface area contributed by atoms with Crippen molar-refractivity contribution in [2.24, 2.45) is 5.84 Å². The van der Waals surface area contributed by atoms with Gasteiger partial charge in [-0.2, -0.15) is 0 Å². The van der Waals surface area contributed by atoms with Gasteiger partial charge in [0.15, 0.2) is 0 Å². The molecule has 0 aliphatic rings. The van der Waals surface area contributed by atoms with E-state index in [1.54, 1.807) is 12.1 Å². The highest BCUT2D eigenvalue weighted by Crippen LogP contribution is 2.26. The van der Waals surface area contributed by atoms with Crippen LogP contribution in [-0.4, -0.2) is 8.42 Å². The van der Waals surface area contributed by atoms with Gasteiger partial charge in [-0.25, -0.2) is 8.42 Å². The van der Waals surface area contributed by atoms with E-state index in [1.165, 1.54) is 30.3 Å². The van der Waals surface area contributed by atoms with Crippen LogP contribution in [-0.2, 0) is 10.0 Å². The standard InChI is InChI=1S/C12H11Cl2N3O2S/c13-11-6-3-9(7-12(11)14)17-20(18,19)10-4-1-8(16-15)2-5-10/h1-7,16-17H,15H2. The molecule has 0 bridgehead atoms. The van der Waals surface area contributed by atoms with E-state index in [2.05, 4.69) is 10.1 Å². The zero-order valence-electron chi connectivity index (χ0n) is 10.1. The largest absolute Gasteiger partial charge is 0.324 e. The van der Waals surface area contributed by atoms with Gasteiger partial charge in [0.2, 0.25) is 0 Å². The predicted octanol–water partition coefficient (Wildman–Crippen LogP) is 3.08. The maximum absolute atomic E-state index is 12.2. The molecule has 0 amide bonds. The van der Waals surface area contributed by atoms with Gasteiger partial charge in [-0.3, -0.25) is 10.6 Å². The topological polar surface area (TPSA) is 84.2 Å². The smallest absolute Gasteiger partial charge is 0.261 e. The Balaban J connectivity index is 2.27. The van der Waals surface area contributed by atoms with E-state index in [4.69, 9.17) is 29.0 Å². The second kappa shape index (κ2) is 5.88. The first-order valence-corrected chi connectivity index (χ1v) is 7.71. The van der Waals surface area contributed by atoms with Gasteiger partial charge in [0.05, 0.1) is 20.6 Å². The number of hydrogen-bond acceptors (Lipinski definition) is 4. The maximum atomic E-state index is 12.2. The molecule has 0 aliphatic carbocycles. The number of rotatable bonds is 4. The summed E-state index contributed by atoms with van der Waals surface area (Å²) >= 11 is 11.6. The summed E-state index contributed by atoms with van der Waals surface area (Å²) in [6.45, 7) is 0. The molecule has 2 rings (SSSR count). The molecule has 2 aromatic carbocycles. The van der Waals surface area contributed by atoms with E-state index >= 15 is 0 Å². The Hall–Kier alpha value is -1.47. The summed E-state index contributed by atoms with van der Waals surface area (Å²) in [5.74, 6) is 5.22. The lowest BCUT2D eigenvalue weighted by Crippen LogP contribution is -2.13. The van der Waals surface area contributed by atoms with E-state index in [9.17, 15) is 8.42 Å². The van der Waals surface area contributed by atoms with Crippen molar-refractivity contribution in [2.75, 3.05) is 10.1 Å². The third kappa shape index (κ3) is 3.34. The summed E-state index contributed by atoms with van der Waals surface area (Å²) in [5.41, 5.74) is 3.37. The highest BCUT2D eigenvalue weighted by molar-refractivity contribution is 7.92. The Bertz CT molecular complexity index is 718. The van der Waals surface area contributed by atoms with Crippen LogP contribution >= 0.6 is 23.2 Å². The molecule has 5 nitrogen and oxygen atoms in total. The van der Waals surface area contributed by atoms with Crippen molar-refractivity contribution in [3.63, 3.8) is 0 Å². The third-order valence-corrected chi connectivity index (χ3v) is 4.64. The predicted molar refractivity (Wildman–Crippen MR) is 81.5 cm³/mol. The summed E-state index contributed by atoms with van der Waals surface area (Å²) < 4.78 is 26.7. The van der Waals surface area contributed by atoms with E-state index in [-0.39, 0.29) is 9.92 Å². The van der Waals surface area contributed by atoms with Crippen molar-refractivity contribution in [1.29, 1.82) is 0 Å². The average molecular weight is 332 g/mol. The molecule has 0 saturated carbocycles. The van der Waals surface area contributed by atoms with Gasteiger partial charge in [-0.15, -0.1) is 0 Å². The molecule has 0 spiro atoms. The summed E-state index contributed by atoms with van der Waals surface area (Å²) in [5, 5.41) is 0.627. The SMILES string of the molecule is NNc1ccc(S(=O)(=O)Nc2ccc(Cl)c(Cl)c2)cc1. The Morgan fingerprint density at radius 1 is 0.900 bits per heavy atom. The number of nitrogens with one attached hydrogen (secondary N) is 2. The third-order valence-electron chi connectivity index (χ3n) is 2.50. The molecule has 4 N–H and O–H groups in total. The van der Waals surface area contributed by atoms with Gasteiger partial charge in [-0.05, 0) is 42.5 Å². The number of hydrazine groups is 1. The number of halogens is 2. The Kier molecular flexibility index (Phi) is 4.39. The first-order valence-electron chi connectivity index (χ1n) is 5.47. The van der Waals surface area contributed by atoms with Crippen molar-refractivity contribution < 1.29 is 8.42 Å². The van der Waals surface area contributed by atoms with Crippen molar-refractivity contribution in [1.82, 2.24) is 0 Å². The maximum Gasteiger partial charge on any atom is 0.261 e. The minimum atomic E-state index is -3.69. The van der Waals surface area contributed by atoms with Crippen molar-refractivity contribution in [3.8, 4) is 0 Å². The van der Waals surface area contributed by atoms with Crippen LogP contribution in [0.15, 0.2) is 47.4 Å². The minimum Gasteiger partial charge on any atom is -0.324 e. The monoisotopic (exact) mass is 331 g/mol. The summed E-state index contributed by atoms with van der Waals surface area (Å²) in [6, 6.07) is 10.5. The second-order valence-electron chi connectivity index (χ2n) is 3.90. The average Bonchev–Trinajstić information content (AvgIpc) is 2.43. The van der Waals surface area contributed by atoms with Crippen LogP contribution in [0.4, 0.5) is 11.4 Å². The fourth-order valence-electron chi connectivity index (χ4n) is 1.50. The van der Waals surface area contributed by atoms with E-state index in [1.807, 2.05) is 0 Å². The van der Waals surface area contributed by atoms with Gasteiger partial charge < -0.3 is 5.43 Å². The fourth-order valence-corrected chi connectivity index (χ4v) is 2.85. The molecule has 0 unspecified atom stereocenters. The molecule has 0 aromatic heterocycles. The van der Waals surface area contributed by atoms with E-state index in [0.29, 0.717) is 16.4 Å². The first kappa shape index (κ1) is 14.9. The summed E-state index contributed by atoms with van der Waals surface area (Å²) in [4.78, 5) is 0.113. The molecule has 0 aliphatic heterocycles. The number of benzene rings is 2. The molecular formula is C12H11Cl2N3O2S. The van der Waals surface area contributed by atoms with Crippen molar-refractivity contribution in [3.05, 3.63) is 52.5 Å². The summed E-state index contributed by atoms with van der Waals surface area (Å²) in [6.07, 6.45) is 0. The normalized spacial score (nSPS) is 11.2. The Labute approximate surface area is 126 Å². The Morgan fingerprint density at radius 2 is 1.50 bits per heavy atom. The molecule has 2 aromatic rings. The van der Waals surface area contributed by atoms with E-state index < -0.39 is 10.0 Å². The number of hydrogen-bond donors (Lipinski definition) is 3. The van der Waals surface area contributed by atoms with Crippen LogP contribution < -0.4 is 16.0 Å². The molecule has 20 heavy (non-hydrogen) atoms. The van der Waals surface area contributed by atoms with Crippen LogP contribution in [0.5, 0.6) is 0 Å². The molecular weight excluding hydrogens is 321 g/mol. The number of nitrogens with two attached hydrogens (primary N) is 1. The second-order valence-corrected chi connectivity index (χ2v) is 6.40. The molecule has 0 atom stereocenters. The van der Waals surface area contributed by atoms with Crippen LogP contribution in [0.1, 0.15) is 0 Å². The molecule has 8 heteroatoms. The molecule has 0 saturated heterocycles. The Morgan fingerprint density at radius 3 is 2.05 bits per heavy atom. The zero-order valence-corrected chi connectivity index (χ0v) is 12.4. The molecule has 106 valence electrons. The molecule has 0 fully saturated rings. The first-order chi connectivity index (χ1) is 9.42. The highest BCUT2D eigenvalue weighted by Gasteiger charge is 2.14. The fraction of sp³-hybridized carbons (Fsp3) is 0. The van der Waals surface area contributed by atoms with Crippen LogP contribution in [0.25, 0.3) is 0 Å². The summed E-state index contributed by atoms with van der Waals surface area (Å²) in [7, 11) is -3.69. The van der Waals surface area contributed by atoms with Gasteiger partial charge in [0.25, 0.3) is 10.0 Å². The lowest BCUT2D eigenvalue weighted by Gasteiger charge is -2.09. The number of sulfonamides is 1. The minimum absolute atomic E-state index is 0.113. The van der Waals surface area contributed by atoms with Gasteiger partial charge in [0, 0.05) is 5.69 Å². The van der Waals surface area contributed by atoms with Gasteiger partial charge in [-0.1, -0.05) is 23.2 Å². The number of anilines is 2. The molecule has 0 heterocycles. The molecule has 0 radical (unpaired) electrons. The van der Waals surface area contributed by atoms with Crippen LogP contribution in [0, 0.1) is 0 Å². The quantitative estimate of drug-likeness (QED) is 0.593. The van der Waals surface area contributed by atoms with E-state index in [0.717, 1.165) is 0 Å². The van der Waals surface area contributed by atoms with Crippen LogP contribution in [0.2, 0.25) is 10.0 Å². The highest BCUT2D eigenvalue weighted by atomic mass is 35.5.